The van der Waals surface area contributed by atoms with Crippen LogP contribution in [0.2, 0.25) is 0 Å². The zero-order valence-electron chi connectivity index (χ0n) is 20.0. The summed E-state index contributed by atoms with van der Waals surface area (Å²) in [6, 6.07) is 8.74. The monoisotopic (exact) mass is 434 g/mol. The van der Waals surface area contributed by atoms with Gasteiger partial charge in [-0.2, -0.15) is 8.42 Å². The smallest absolute Gasteiger partial charge is 1.00 e. The van der Waals surface area contributed by atoms with Gasteiger partial charge in [0.15, 0.2) is 0 Å². The molecule has 1 aromatic carbocycles. The Balaban J connectivity index is 0. The molecule has 0 saturated heterocycles. The molecule has 0 aromatic heterocycles. The molecule has 3 nitrogen and oxygen atoms in total. The van der Waals surface area contributed by atoms with E-state index in [1.54, 1.807) is 24.3 Å². The molecule has 164 valence electrons. The quantitative estimate of drug-likeness (QED) is 0.179. The van der Waals surface area contributed by atoms with Gasteiger partial charge in [-0.05, 0) is 18.6 Å². The second-order valence-electron chi connectivity index (χ2n) is 7.96. The van der Waals surface area contributed by atoms with E-state index in [4.69, 9.17) is 4.18 Å². The predicted octanol–water partition coefficient (Wildman–Crippen LogP) is 4.77. The van der Waals surface area contributed by atoms with Crippen molar-refractivity contribution in [3.63, 3.8) is 0 Å². The van der Waals surface area contributed by atoms with E-state index >= 15 is 0 Å². The summed E-state index contributed by atoms with van der Waals surface area (Å²) in [6.45, 7) is 2.27. The van der Waals surface area contributed by atoms with Crippen LogP contribution in [0.3, 0.4) is 0 Å². The standard InChI is InChI=1S/C24H42O3S.Na.H/c1-2-3-4-5-6-7-8-9-10-11-12-13-14-15-16-20-23-28(25,26)27-24-21-18-17-19-22-24;;/h17-19,21-22H,2-16,20,23H2,1H3;;/q;+1;-1. The minimum Gasteiger partial charge on any atom is -1.00 e. The molecule has 0 spiro atoms. The van der Waals surface area contributed by atoms with E-state index in [2.05, 4.69) is 6.92 Å². The summed E-state index contributed by atoms with van der Waals surface area (Å²) in [4.78, 5) is 0. The predicted molar refractivity (Wildman–Crippen MR) is 122 cm³/mol. The molecule has 0 aliphatic heterocycles. The van der Waals surface area contributed by atoms with Crippen LogP contribution in [0.15, 0.2) is 30.3 Å². The summed E-state index contributed by atoms with van der Waals surface area (Å²) in [5.41, 5.74) is 0. The molecular weight excluding hydrogens is 391 g/mol. The van der Waals surface area contributed by atoms with Crippen molar-refractivity contribution in [3.8, 4) is 5.75 Å². The van der Waals surface area contributed by atoms with Crippen molar-refractivity contribution in [3.05, 3.63) is 30.3 Å². The van der Waals surface area contributed by atoms with E-state index in [1.807, 2.05) is 6.07 Å². The van der Waals surface area contributed by atoms with Crippen LogP contribution in [0.25, 0.3) is 0 Å². The number of unbranched alkanes of at least 4 members (excludes halogenated alkanes) is 15. The minimum atomic E-state index is -3.45. The van der Waals surface area contributed by atoms with Gasteiger partial charge in [0.1, 0.15) is 5.75 Å². The summed E-state index contributed by atoms with van der Waals surface area (Å²) < 4.78 is 28.9. The van der Waals surface area contributed by atoms with Crippen LogP contribution < -0.4 is 33.7 Å². The Morgan fingerprint density at radius 1 is 0.655 bits per heavy atom. The fourth-order valence-corrected chi connectivity index (χ4v) is 4.54. The van der Waals surface area contributed by atoms with Gasteiger partial charge in [0.2, 0.25) is 0 Å². The van der Waals surface area contributed by atoms with E-state index in [0.717, 1.165) is 12.8 Å². The van der Waals surface area contributed by atoms with Crippen LogP contribution >= 0.6 is 0 Å². The van der Waals surface area contributed by atoms with Crippen molar-refractivity contribution in [2.24, 2.45) is 0 Å². The number of rotatable bonds is 19. The van der Waals surface area contributed by atoms with Crippen LogP contribution in [0.4, 0.5) is 0 Å². The topological polar surface area (TPSA) is 43.4 Å². The molecule has 0 aliphatic carbocycles. The van der Waals surface area contributed by atoms with Gasteiger partial charge in [0, 0.05) is 0 Å². The zero-order valence-corrected chi connectivity index (χ0v) is 21.9. The number of hydrogen-bond donors (Lipinski definition) is 0. The summed E-state index contributed by atoms with van der Waals surface area (Å²) in [7, 11) is -3.45. The molecule has 0 amide bonds. The SMILES string of the molecule is CCCCCCCCCCCCCCCCCCS(=O)(=O)Oc1ccccc1.[H-].[Na+]. The Morgan fingerprint density at radius 2 is 1.03 bits per heavy atom. The molecule has 0 saturated carbocycles. The average Bonchev–Trinajstić information content (AvgIpc) is 2.68. The summed E-state index contributed by atoms with van der Waals surface area (Å²) in [5.74, 6) is 0.513. The maximum Gasteiger partial charge on any atom is 1.00 e. The second kappa shape index (κ2) is 19.9. The van der Waals surface area contributed by atoms with Gasteiger partial charge in [-0.15, -0.1) is 0 Å². The van der Waals surface area contributed by atoms with Crippen molar-refractivity contribution in [2.75, 3.05) is 5.75 Å². The third-order valence-electron chi connectivity index (χ3n) is 5.21. The third kappa shape index (κ3) is 18.5. The van der Waals surface area contributed by atoms with E-state index in [0.29, 0.717) is 12.2 Å². The van der Waals surface area contributed by atoms with Crippen LogP contribution in [-0.2, 0) is 10.1 Å². The Kier molecular flexibility index (Phi) is 19.9. The van der Waals surface area contributed by atoms with Crippen molar-refractivity contribution in [1.29, 1.82) is 0 Å². The van der Waals surface area contributed by atoms with Crippen LogP contribution in [0.5, 0.6) is 5.75 Å². The first-order valence-electron chi connectivity index (χ1n) is 11.6. The van der Waals surface area contributed by atoms with Gasteiger partial charge in [-0.25, -0.2) is 0 Å². The van der Waals surface area contributed by atoms with Crippen LogP contribution in [0.1, 0.15) is 111 Å². The van der Waals surface area contributed by atoms with E-state index < -0.39 is 10.1 Å². The summed E-state index contributed by atoms with van der Waals surface area (Å²) in [6.07, 6.45) is 20.6. The Labute approximate surface area is 204 Å². The molecule has 1 rings (SSSR count). The number of para-hydroxylation sites is 1. The van der Waals surface area contributed by atoms with Crippen molar-refractivity contribution in [1.82, 2.24) is 0 Å². The van der Waals surface area contributed by atoms with Gasteiger partial charge in [-0.3, -0.25) is 0 Å². The summed E-state index contributed by atoms with van der Waals surface area (Å²) in [5, 5.41) is 0. The maximum absolute atomic E-state index is 11.9. The summed E-state index contributed by atoms with van der Waals surface area (Å²) >= 11 is 0. The molecule has 0 aliphatic rings. The van der Waals surface area contributed by atoms with Gasteiger partial charge in [0.05, 0.1) is 5.75 Å². The fraction of sp³-hybridized carbons (Fsp3) is 0.750. The first-order chi connectivity index (χ1) is 13.6. The maximum atomic E-state index is 11.9. The first-order valence-corrected chi connectivity index (χ1v) is 13.2. The largest absolute Gasteiger partial charge is 1.00 e. The Hall–Kier alpha value is -0.0300. The molecule has 29 heavy (non-hydrogen) atoms. The Bertz CT molecular complexity index is 567. The molecule has 1 aromatic rings. The van der Waals surface area contributed by atoms with E-state index in [1.165, 1.54) is 83.5 Å². The van der Waals surface area contributed by atoms with E-state index in [-0.39, 0.29) is 36.7 Å². The van der Waals surface area contributed by atoms with Gasteiger partial charge >= 0.3 is 39.7 Å². The van der Waals surface area contributed by atoms with Crippen molar-refractivity contribution < 1.29 is 43.6 Å². The molecule has 0 fully saturated rings. The molecule has 0 unspecified atom stereocenters. The fourth-order valence-electron chi connectivity index (χ4n) is 3.49. The number of benzene rings is 1. The average molecular weight is 435 g/mol. The molecule has 0 N–H and O–H groups in total. The van der Waals surface area contributed by atoms with Crippen LogP contribution in [-0.4, -0.2) is 14.2 Å². The van der Waals surface area contributed by atoms with Crippen molar-refractivity contribution >= 4 is 10.1 Å². The molecule has 5 heteroatoms. The molecule has 0 atom stereocenters. The van der Waals surface area contributed by atoms with Crippen molar-refractivity contribution in [2.45, 2.75) is 110 Å². The Morgan fingerprint density at radius 3 is 1.45 bits per heavy atom. The van der Waals surface area contributed by atoms with E-state index in [9.17, 15) is 8.42 Å². The van der Waals surface area contributed by atoms with Gasteiger partial charge in [0.25, 0.3) is 0 Å². The first kappa shape index (κ1) is 29.0. The molecule has 0 bridgehead atoms. The third-order valence-corrected chi connectivity index (χ3v) is 6.45. The van der Waals surface area contributed by atoms with Gasteiger partial charge < -0.3 is 5.61 Å². The second-order valence-corrected chi connectivity index (χ2v) is 9.65. The van der Waals surface area contributed by atoms with Gasteiger partial charge in [-0.1, -0.05) is 121 Å². The minimum absolute atomic E-state index is 0. The molecule has 0 radical (unpaired) electrons. The molecule has 0 heterocycles. The number of hydrogen-bond acceptors (Lipinski definition) is 3. The zero-order chi connectivity index (χ0) is 20.3. The normalized spacial score (nSPS) is 11.2. The van der Waals surface area contributed by atoms with Crippen LogP contribution in [0, 0.1) is 0 Å². The molecular formula is C24H43NaO3S.